The zero-order chi connectivity index (χ0) is 13.1. The molecule has 1 heterocycles. The number of carbonyl (C=O) groups excluding carboxylic acids is 1. The number of rotatable bonds is 3. The van der Waals surface area contributed by atoms with E-state index in [9.17, 15) is 4.79 Å². The number of hydrogen-bond acceptors (Lipinski definition) is 3. The molecule has 1 saturated heterocycles. The van der Waals surface area contributed by atoms with E-state index >= 15 is 0 Å². The maximum absolute atomic E-state index is 12.3. The molecule has 1 aliphatic rings. The minimum absolute atomic E-state index is 0.00539. The van der Waals surface area contributed by atoms with E-state index in [4.69, 9.17) is 11.6 Å². The second kappa shape index (κ2) is 5.69. The molecule has 2 N–H and O–H groups in total. The highest BCUT2D eigenvalue weighted by atomic mass is 35.5. The first-order valence-corrected chi connectivity index (χ1v) is 6.43. The first kappa shape index (κ1) is 13.3. The summed E-state index contributed by atoms with van der Waals surface area (Å²) in [5.74, 6) is 0.147. The van der Waals surface area contributed by atoms with Gasteiger partial charge in [0.1, 0.15) is 0 Å². The van der Waals surface area contributed by atoms with Crippen molar-refractivity contribution in [2.75, 3.05) is 13.6 Å². The van der Waals surface area contributed by atoms with Gasteiger partial charge < -0.3 is 4.90 Å². The van der Waals surface area contributed by atoms with Gasteiger partial charge in [0.25, 0.3) is 0 Å². The molecule has 0 bridgehead atoms. The van der Waals surface area contributed by atoms with Gasteiger partial charge in [-0.05, 0) is 24.6 Å². The highest BCUT2D eigenvalue weighted by molar-refractivity contribution is 6.30. The van der Waals surface area contributed by atoms with Crippen LogP contribution in [0.1, 0.15) is 12.5 Å². The van der Waals surface area contributed by atoms with Crippen molar-refractivity contribution >= 4 is 17.5 Å². The molecule has 5 heteroatoms. The maximum atomic E-state index is 12.3. The van der Waals surface area contributed by atoms with Gasteiger partial charge in [0.15, 0.2) is 0 Å². The van der Waals surface area contributed by atoms with Gasteiger partial charge >= 0.3 is 0 Å². The van der Waals surface area contributed by atoms with Gasteiger partial charge in [-0.15, -0.1) is 0 Å². The lowest BCUT2D eigenvalue weighted by Crippen LogP contribution is -2.38. The molecule has 0 aliphatic carbocycles. The van der Waals surface area contributed by atoms with Crippen molar-refractivity contribution < 1.29 is 4.79 Å². The van der Waals surface area contributed by atoms with Crippen LogP contribution in [0.25, 0.3) is 0 Å². The second-order valence-electron chi connectivity index (χ2n) is 4.74. The summed E-state index contributed by atoms with van der Waals surface area (Å²) >= 11 is 5.93. The Labute approximate surface area is 112 Å². The van der Waals surface area contributed by atoms with E-state index in [0.29, 0.717) is 18.1 Å². The van der Waals surface area contributed by atoms with Crippen LogP contribution in [0.4, 0.5) is 0 Å². The topological polar surface area (TPSA) is 44.4 Å². The molecule has 1 aromatic carbocycles. The molecular weight excluding hydrogens is 250 g/mol. The van der Waals surface area contributed by atoms with Crippen LogP contribution >= 0.6 is 11.6 Å². The molecule has 1 aromatic rings. The molecule has 0 radical (unpaired) electrons. The predicted octanol–water partition coefficient (Wildman–Crippen LogP) is 1.41. The minimum atomic E-state index is -0.00539. The third-order valence-corrected chi connectivity index (χ3v) is 3.49. The average Bonchev–Trinajstić information content (AvgIpc) is 2.74. The number of nitrogens with zero attached hydrogens (tertiary/aromatic N) is 1. The largest absolute Gasteiger partial charge is 0.341 e. The Bertz CT molecular complexity index is 438. The molecule has 18 heavy (non-hydrogen) atoms. The third kappa shape index (κ3) is 3.02. The SMILES string of the molecule is CC1NNCC1C(=O)N(C)Cc1cccc(Cl)c1. The number of amides is 1. The summed E-state index contributed by atoms with van der Waals surface area (Å²) in [5.41, 5.74) is 7.12. The fraction of sp³-hybridized carbons (Fsp3) is 0.462. The molecule has 98 valence electrons. The van der Waals surface area contributed by atoms with Crippen LogP contribution in [0.5, 0.6) is 0 Å². The summed E-state index contributed by atoms with van der Waals surface area (Å²) in [6.07, 6.45) is 0. The lowest BCUT2D eigenvalue weighted by Gasteiger charge is -2.22. The summed E-state index contributed by atoms with van der Waals surface area (Å²) < 4.78 is 0. The Morgan fingerprint density at radius 1 is 1.56 bits per heavy atom. The van der Waals surface area contributed by atoms with E-state index in [0.717, 1.165) is 5.56 Å². The van der Waals surface area contributed by atoms with E-state index in [1.54, 1.807) is 4.90 Å². The van der Waals surface area contributed by atoms with E-state index in [-0.39, 0.29) is 17.9 Å². The molecule has 1 fully saturated rings. The fourth-order valence-electron chi connectivity index (χ4n) is 2.18. The molecule has 1 aliphatic heterocycles. The van der Waals surface area contributed by atoms with Crippen LogP contribution < -0.4 is 10.9 Å². The smallest absolute Gasteiger partial charge is 0.228 e. The Hall–Kier alpha value is -1.10. The number of hydrogen-bond donors (Lipinski definition) is 2. The molecule has 2 atom stereocenters. The molecular formula is C13H18ClN3O. The highest BCUT2D eigenvalue weighted by Gasteiger charge is 2.31. The van der Waals surface area contributed by atoms with E-state index in [1.165, 1.54) is 0 Å². The van der Waals surface area contributed by atoms with Gasteiger partial charge in [-0.25, -0.2) is 0 Å². The van der Waals surface area contributed by atoms with Crippen LogP contribution in [-0.4, -0.2) is 30.4 Å². The van der Waals surface area contributed by atoms with Crippen molar-refractivity contribution in [1.82, 2.24) is 15.8 Å². The predicted molar refractivity (Wildman–Crippen MR) is 72.0 cm³/mol. The minimum Gasteiger partial charge on any atom is -0.341 e. The Morgan fingerprint density at radius 3 is 2.94 bits per heavy atom. The normalized spacial score (nSPS) is 23.1. The summed E-state index contributed by atoms with van der Waals surface area (Å²) in [4.78, 5) is 14.0. The monoisotopic (exact) mass is 267 g/mol. The third-order valence-electron chi connectivity index (χ3n) is 3.26. The zero-order valence-electron chi connectivity index (χ0n) is 10.6. The van der Waals surface area contributed by atoms with Crippen molar-refractivity contribution in [3.8, 4) is 0 Å². The van der Waals surface area contributed by atoms with Gasteiger partial charge in [0, 0.05) is 31.2 Å². The number of halogens is 1. The van der Waals surface area contributed by atoms with Crippen molar-refractivity contribution in [2.45, 2.75) is 19.5 Å². The molecule has 0 aromatic heterocycles. The lowest BCUT2D eigenvalue weighted by atomic mass is 10.0. The van der Waals surface area contributed by atoms with Crippen molar-refractivity contribution in [1.29, 1.82) is 0 Å². The molecule has 0 spiro atoms. The Kier molecular flexibility index (Phi) is 4.22. The van der Waals surface area contributed by atoms with Crippen LogP contribution in [0, 0.1) is 5.92 Å². The van der Waals surface area contributed by atoms with Gasteiger partial charge in [-0.2, -0.15) is 0 Å². The van der Waals surface area contributed by atoms with Crippen LogP contribution in [0.3, 0.4) is 0 Å². The van der Waals surface area contributed by atoms with Crippen LogP contribution in [-0.2, 0) is 11.3 Å². The molecule has 2 unspecified atom stereocenters. The number of benzene rings is 1. The summed E-state index contributed by atoms with van der Waals surface area (Å²) in [5, 5.41) is 0.700. The first-order valence-electron chi connectivity index (χ1n) is 6.05. The van der Waals surface area contributed by atoms with Gasteiger partial charge in [-0.1, -0.05) is 23.7 Å². The number of carbonyl (C=O) groups is 1. The molecule has 0 saturated carbocycles. The van der Waals surface area contributed by atoms with Crippen molar-refractivity contribution in [3.05, 3.63) is 34.9 Å². The van der Waals surface area contributed by atoms with Gasteiger partial charge in [0.05, 0.1) is 5.92 Å². The average molecular weight is 268 g/mol. The standard InChI is InChI=1S/C13H18ClN3O/c1-9-12(7-15-16-9)13(18)17(2)8-10-4-3-5-11(14)6-10/h3-6,9,12,15-16H,7-8H2,1-2H3. The fourth-order valence-corrected chi connectivity index (χ4v) is 2.39. The van der Waals surface area contributed by atoms with Crippen LogP contribution in [0.15, 0.2) is 24.3 Å². The number of hydrazine groups is 1. The molecule has 2 rings (SSSR count). The Balaban J connectivity index is 1.99. The quantitative estimate of drug-likeness (QED) is 0.870. The van der Waals surface area contributed by atoms with E-state index in [2.05, 4.69) is 10.9 Å². The second-order valence-corrected chi connectivity index (χ2v) is 5.18. The summed E-state index contributed by atoms with van der Waals surface area (Å²) in [6, 6.07) is 7.76. The summed E-state index contributed by atoms with van der Waals surface area (Å²) in [6.45, 7) is 3.28. The van der Waals surface area contributed by atoms with E-state index in [1.807, 2.05) is 38.2 Å². The lowest BCUT2D eigenvalue weighted by molar-refractivity contribution is -0.134. The van der Waals surface area contributed by atoms with Crippen molar-refractivity contribution in [3.63, 3.8) is 0 Å². The number of nitrogens with one attached hydrogen (secondary N) is 2. The molecule has 4 nitrogen and oxygen atoms in total. The Morgan fingerprint density at radius 2 is 2.33 bits per heavy atom. The zero-order valence-corrected chi connectivity index (χ0v) is 11.4. The molecule has 1 amide bonds. The van der Waals surface area contributed by atoms with E-state index < -0.39 is 0 Å². The van der Waals surface area contributed by atoms with Crippen molar-refractivity contribution in [2.24, 2.45) is 5.92 Å². The van der Waals surface area contributed by atoms with Gasteiger partial charge in [0.2, 0.25) is 5.91 Å². The van der Waals surface area contributed by atoms with Crippen LogP contribution in [0.2, 0.25) is 5.02 Å². The van der Waals surface area contributed by atoms with Gasteiger partial charge in [-0.3, -0.25) is 15.6 Å². The highest BCUT2D eigenvalue weighted by Crippen LogP contribution is 2.15. The summed E-state index contributed by atoms with van der Waals surface area (Å²) in [7, 11) is 1.83. The first-order chi connectivity index (χ1) is 8.58. The maximum Gasteiger partial charge on any atom is 0.228 e.